The lowest BCUT2D eigenvalue weighted by Crippen LogP contribution is -2.50. The lowest BCUT2D eigenvalue weighted by Gasteiger charge is -2.36. The number of rotatable bonds is 6. The van der Waals surface area contributed by atoms with Gasteiger partial charge in [-0.25, -0.2) is 4.39 Å². The van der Waals surface area contributed by atoms with E-state index < -0.39 is 17.3 Å². The Morgan fingerprint density at radius 3 is 2.35 bits per heavy atom. The van der Waals surface area contributed by atoms with Crippen LogP contribution in [0.3, 0.4) is 0 Å². The number of anilines is 2. The number of fused-ring (bicyclic) bond motifs is 1. The third-order valence-electron chi connectivity index (χ3n) is 7.72. The van der Waals surface area contributed by atoms with Gasteiger partial charge in [0, 0.05) is 43.6 Å². The Balaban J connectivity index is 1.05. The second-order valence-corrected chi connectivity index (χ2v) is 10.3. The summed E-state index contributed by atoms with van der Waals surface area (Å²) in [5.41, 5.74) is 0.0455. The molecule has 210 valence electrons. The summed E-state index contributed by atoms with van der Waals surface area (Å²) in [7, 11) is 0. The molecule has 0 spiro atoms. The van der Waals surface area contributed by atoms with Crippen molar-refractivity contribution in [2.45, 2.75) is 44.0 Å². The lowest BCUT2D eigenvalue weighted by molar-refractivity contribution is -0.139. The van der Waals surface area contributed by atoms with Gasteiger partial charge in [-0.05, 0) is 78.9 Å². The first kappa shape index (κ1) is 27.7. The molecule has 0 radical (unpaired) electrons. The third kappa shape index (κ3) is 6.48. The molecule has 40 heavy (non-hydrogen) atoms. The Labute approximate surface area is 230 Å². The van der Waals surface area contributed by atoms with Gasteiger partial charge in [0.15, 0.2) is 0 Å². The molecule has 2 fully saturated rings. The van der Waals surface area contributed by atoms with Crippen LogP contribution >= 0.6 is 0 Å². The number of nitrogens with one attached hydrogen (secondary N) is 1. The first-order chi connectivity index (χ1) is 19.2. The highest BCUT2D eigenvalue weighted by atomic mass is 19.4. The number of hydrogen-bond donors (Lipinski definition) is 1. The lowest BCUT2D eigenvalue weighted by atomic mass is 9.92. The van der Waals surface area contributed by atoms with Gasteiger partial charge in [0.2, 0.25) is 5.91 Å². The van der Waals surface area contributed by atoms with E-state index in [1.807, 2.05) is 23.1 Å². The summed E-state index contributed by atoms with van der Waals surface area (Å²) in [6.45, 7) is 2.58. The van der Waals surface area contributed by atoms with Crippen molar-refractivity contribution in [1.29, 1.82) is 5.26 Å². The number of benzene rings is 3. The van der Waals surface area contributed by atoms with E-state index in [4.69, 9.17) is 10.00 Å². The number of halogens is 4. The molecule has 10 heteroatoms. The zero-order valence-corrected chi connectivity index (χ0v) is 21.9. The zero-order valence-electron chi connectivity index (χ0n) is 21.9. The number of ether oxygens (including phenoxy) is 1. The van der Waals surface area contributed by atoms with Crippen LogP contribution in [-0.4, -0.2) is 55.7 Å². The van der Waals surface area contributed by atoms with E-state index in [-0.39, 0.29) is 30.5 Å². The quantitative estimate of drug-likeness (QED) is 0.381. The number of hydrogen-bond acceptors (Lipinski definition) is 5. The molecule has 3 aromatic carbocycles. The van der Waals surface area contributed by atoms with E-state index in [0.29, 0.717) is 57.5 Å². The molecule has 1 saturated heterocycles. The molecule has 0 aromatic heterocycles. The Morgan fingerprint density at radius 1 is 0.950 bits per heavy atom. The fourth-order valence-corrected chi connectivity index (χ4v) is 5.47. The van der Waals surface area contributed by atoms with Crippen molar-refractivity contribution in [1.82, 2.24) is 4.90 Å². The molecular formula is C30H30F4N4O2. The number of piperazine rings is 1. The SMILES string of the molecule is N#Cc1ccc(N[C@H]2CC[C@H](OCC(=O)N3CCN(c4ccc5cc(F)ccc5c4)CC3)CC2)cc1C(F)(F)F. The molecule has 5 rings (SSSR count). The van der Waals surface area contributed by atoms with Gasteiger partial charge in [0.1, 0.15) is 12.4 Å². The summed E-state index contributed by atoms with van der Waals surface area (Å²) in [4.78, 5) is 16.8. The molecule has 0 bridgehead atoms. The van der Waals surface area contributed by atoms with Gasteiger partial charge in [-0.1, -0.05) is 12.1 Å². The van der Waals surface area contributed by atoms with Crippen molar-refractivity contribution in [3.8, 4) is 6.07 Å². The predicted molar refractivity (Wildman–Crippen MR) is 144 cm³/mol. The van der Waals surface area contributed by atoms with E-state index in [0.717, 1.165) is 22.5 Å². The Morgan fingerprint density at radius 2 is 1.65 bits per heavy atom. The second kappa shape index (κ2) is 11.7. The van der Waals surface area contributed by atoms with E-state index in [9.17, 15) is 22.4 Å². The van der Waals surface area contributed by atoms with Crippen molar-refractivity contribution in [2.75, 3.05) is 43.0 Å². The second-order valence-electron chi connectivity index (χ2n) is 10.3. The molecule has 0 unspecified atom stereocenters. The molecule has 1 N–H and O–H groups in total. The number of alkyl halides is 3. The average molecular weight is 555 g/mol. The van der Waals surface area contributed by atoms with Gasteiger partial charge in [-0.3, -0.25) is 4.79 Å². The summed E-state index contributed by atoms with van der Waals surface area (Å²) in [6.07, 6.45) is -1.85. The summed E-state index contributed by atoms with van der Waals surface area (Å²) in [5, 5.41) is 13.9. The van der Waals surface area contributed by atoms with Gasteiger partial charge in [0.25, 0.3) is 0 Å². The molecule has 1 aliphatic carbocycles. The molecular weight excluding hydrogens is 524 g/mol. The molecule has 1 amide bonds. The van der Waals surface area contributed by atoms with Crippen LogP contribution in [0.15, 0.2) is 54.6 Å². The van der Waals surface area contributed by atoms with Crippen molar-refractivity contribution in [3.63, 3.8) is 0 Å². The largest absolute Gasteiger partial charge is 0.417 e. The molecule has 1 aliphatic heterocycles. The molecule has 2 aliphatic rings. The van der Waals surface area contributed by atoms with E-state index in [1.165, 1.54) is 24.3 Å². The molecule has 1 saturated carbocycles. The minimum absolute atomic E-state index is 0.00761. The Bertz CT molecular complexity index is 1410. The standard InChI is InChI=1S/C30H30F4N4O2/c31-23-4-1-21-16-26(8-3-20(21)15-23)37-11-13-38(14-12-37)29(39)19-40-27-9-6-24(7-10-27)36-25-5-2-22(18-35)28(17-25)30(32,33)34/h1-5,8,15-17,24,27,36H,6-7,9-14,19H2/t24-,27-. The van der Waals surface area contributed by atoms with E-state index >= 15 is 0 Å². The number of nitriles is 1. The molecule has 1 heterocycles. The van der Waals surface area contributed by atoms with Crippen LogP contribution in [0, 0.1) is 17.1 Å². The molecule has 0 atom stereocenters. The zero-order chi connectivity index (χ0) is 28.3. The predicted octanol–water partition coefficient (Wildman–Crippen LogP) is 5.96. The van der Waals surface area contributed by atoms with Crippen LogP contribution in [0.2, 0.25) is 0 Å². The van der Waals surface area contributed by atoms with Crippen molar-refractivity contribution < 1.29 is 27.1 Å². The van der Waals surface area contributed by atoms with Crippen LogP contribution < -0.4 is 10.2 Å². The highest BCUT2D eigenvalue weighted by Gasteiger charge is 2.34. The fraction of sp³-hybridized carbons (Fsp3) is 0.400. The normalized spacial score (nSPS) is 19.9. The van der Waals surface area contributed by atoms with Gasteiger partial charge >= 0.3 is 6.18 Å². The average Bonchev–Trinajstić information content (AvgIpc) is 2.96. The Hall–Kier alpha value is -3.84. The van der Waals surface area contributed by atoms with Crippen LogP contribution in [-0.2, 0) is 15.7 Å². The van der Waals surface area contributed by atoms with Crippen LogP contribution in [0.1, 0.15) is 36.8 Å². The summed E-state index contributed by atoms with van der Waals surface area (Å²) in [5.74, 6) is -0.309. The summed E-state index contributed by atoms with van der Waals surface area (Å²) in [6, 6.07) is 15.9. The molecule has 3 aromatic rings. The van der Waals surface area contributed by atoms with Crippen LogP contribution in [0.25, 0.3) is 10.8 Å². The minimum Gasteiger partial charge on any atom is -0.382 e. The topological polar surface area (TPSA) is 68.6 Å². The highest BCUT2D eigenvalue weighted by Crippen LogP contribution is 2.34. The van der Waals surface area contributed by atoms with Crippen molar-refractivity contribution in [2.24, 2.45) is 0 Å². The van der Waals surface area contributed by atoms with Gasteiger partial charge in [-0.15, -0.1) is 0 Å². The number of carbonyl (C=O) groups excluding carboxylic acids is 1. The minimum atomic E-state index is -4.59. The summed E-state index contributed by atoms with van der Waals surface area (Å²) < 4.78 is 59.1. The number of nitrogens with zero attached hydrogens (tertiary/aromatic N) is 3. The Kier molecular flexibility index (Phi) is 8.12. The number of carbonyl (C=O) groups is 1. The maximum absolute atomic E-state index is 13.5. The van der Waals surface area contributed by atoms with E-state index in [1.54, 1.807) is 12.1 Å². The fourth-order valence-electron chi connectivity index (χ4n) is 5.47. The van der Waals surface area contributed by atoms with Crippen LogP contribution in [0.5, 0.6) is 0 Å². The van der Waals surface area contributed by atoms with Gasteiger partial charge in [-0.2, -0.15) is 18.4 Å². The van der Waals surface area contributed by atoms with Gasteiger partial charge < -0.3 is 19.9 Å². The maximum Gasteiger partial charge on any atom is 0.417 e. The van der Waals surface area contributed by atoms with E-state index in [2.05, 4.69) is 10.2 Å². The third-order valence-corrected chi connectivity index (χ3v) is 7.72. The van der Waals surface area contributed by atoms with Crippen LogP contribution in [0.4, 0.5) is 28.9 Å². The first-order valence-corrected chi connectivity index (χ1v) is 13.4. The first-order valence-electron chi connectivity index (χ1n) is 13.4. The van der Waals surface area contributed by atoms with Gasteiger partial charge in [0.05, 0.1) is 23.3 Å². The number of amides is 1. The smallest absolute Gasteiger partial charge is 0.382 e. The molecule has 6 nitrogen and oxygen atoms in total. The summed E-state index contributed by atoms with van der Waals surface area (Å²) >= 11 is 0. The maximum atomic E-state index is 13.5. The highest BCUT2D eigenvalue weighted by molar-refractivity contribution is 5.86. The monoisotopic (exact) mass is 554 g/mol. The van der Waals surface area contributed by atoms with Crippen molar-refractivity contribution >= 4 is 28.1 Å². The van der Waals surface area contributed by atoms with Crippen molar-refractivity contribution in [3.05, 3.63) is 71.5 Å².